The maximum atomic E-state index is 12.6. The van der Waals surface area contributed by atoms with Gasteiger partial charge in [0.25, 0.3) is 0 Å². The highest BCUT2D eigenvalue weighted by Crippen LogP contribution is 2.33. The van der Waals surface area contributed by atoms with E-state index in [2.05, 4.69) is 27.6 Å². The highest BCUT2D eigenvalue weighted by atomic mass is 79.9. The molecule has 7 heteroatoms. The fourth-order valence-corrected chi connectivity index (χ4v) is 4.39. The quantitative estimate of drug-likeness (QED) is 0.791. The van der Waals surface area contributed by atoms with Crippen LogP contribution >= 0.6 is 15.9 Å². The fraction of sp³-hybridized carbons (Fsp3) is 0.571. The normalized spacial score (nSPS) is 23.0. The lowest BCUT2D eigenvalue weighted by Crippen LogP contribution is -2.37. The molecule has 3 N–H and O–H groups in total. The molecule has 21 heavy (non-hydrogen) atoms. The second kappa shape index (κ2) is 6.54. The van der Waals surface area contributed by atoms with Gasteiger partial charge in [-0.25, -0.2) is 13.1 Å². The third kappa shape index (κ3) is 3.90. The molecular weight excluding hydrogens is 356 g/mol. The molecule has 0 atom stereocenters. The number of nitrogens with one attached hydrogen (secondary N) is 1. The number of nitrogens with two attached hydrogens (primary N) is 1. The van der Waals surface area contributed by atoms with Gasteiger partial charge in [0.1, 0.15) is 10.6 Å². The largest absolute Gasteiger partial charge is 0.495 e. The zero-order valence-corrected chi connectivity index (χ0v) is 14.6. The standard InChI is InChI=1S/C14H21BrN2O3S/c1-9-3-5-10(6-4-9)17-21(18,19)14-8-12(16)11(15)7-13(14)20-2/h7-10,17H,3-6,16H2,1-2H3. The predicted molar refractivity (Wildman–Crippen MR) is 86.8 cm³/mol. The van der Waals surface area contributed by atoms with Gasteiger partial charge in [0, 0.05) is 16.2 Å². The van der Waals surface area contributed by atoms with Gasteiger partial charge in [0.2, 0.25) is 10.0 Å². The van der Waals surface area contributed by atoms with Gasteiger partial charge in [0.15, 0.2) is 0 Å². The molecule has 118 valence electrons. The molecule has 0 unspecified atom stereocenters. The number of anilines is 1. The third-order valence-electron chi connectivity index (χ3n) is 3.91. The van der Waals surface area contributed by atoms with E-state index < -0.39 is 10.0 Å². The van der Waals surface area contributed by atoms with Crippen LogP contribution in [0.4, 0.5) is 5.69 Å². The summed E-state index contributed by atoms with van der Waals surface area (Å²) in [6.45, 7) is 2.20. The molecule has 5 nitrogen and oxygen atoms in total. The summed E-state index contributed by atoms with van der Waals surface area (Å²) in [4.78, 5) is 0.0873. The predicted octanol–water partition coefficient (Wildman–Crippen LogP) is 2.90. The molecule has 0 radical (unpaired) electrons. The van der Waals surface area contributed by atoms with Crippen LogP contribution in [0.3, 0.4) is 0 Å². The van der Waals surface area contributed by atoms with E-state index in [1.807, 2.05) is 0 Å². The Kier molecular flexibility index (Phi) is 5.16. The summed E-state index contributed by atoms with van der Waals surface area (Å²) >= 11 is 3.27. The topological polar surface area (TPSA) is 81.4 Å². The van der Waals surface area contributed by atoms with Crippen LogP contribution in [-0.4, -0.2) is 21.6 Å². The Morgan fingerprint density at radius 1 is 1.29 bits per heavy atom. The van der Waals surface area contributed by atoms with Crippen LogP contribution < -0.4 is 15.2 Å². The first-order valence-electron chi connectivity index (χ1n) is 6.99. The van der Waals surface area contributed by atoms with Crippen molar-refractivity contribution in [2.24, 2.45) is 5.92 Å². The third-order valence-corrected chi connectivity index (χ3v) is 6.14. The van der Waals surface area contributed by atoms with Crippen LogP contribution in [0.15, 0.2) is 21.5 Å². The minimum absolute atomic E-state index is 0.0132. The molecule has 0 saturated heterocycles. The number of halogens is 1. The van der Waals surface area contributed by atoms with Crippen LogP contribution in [-0.2, 0) is 10.0 Å². The molecule has 0 aliphatic heterocycles. The van der Waals surface area contributed by atoms with E-state index in [1.165, 1.54) is 13.2 Å². The first-order valence-corrected chi connectivity index (χ1v) is 9.26. The molecule has 0 spiro atoms. The summed E-state index contributed by atoms with van der Waals surface area (Å²) in [6, 6.07) is 2.99. The Morgan fingerprint density at radius 3 is 2.48 bits per heavy atom. The summed E-state index contributed by atoms with van der Waals surface area (Å²) in [5.41, 5.74) is 6.17. The van der Waals surface area contributed by atoms with Gasteiger partial charge in [-0.2, -0.15) is 0 Å². The van der Waals surface area contributed by atoms with Gasteiger partial charge >= 0.3 is 0 Å². The SMILES string of the molecule is COc1cc(Br)c(N)cc1S(=O)(=O)NC1CCC(C)CC1. The number of methoxy groups -OCH3 is 1. The summed E-state index contributed by atoms with van der Waals surface area (Å²) < 4.78 is 33.7. The minimum atomic E-state index is -3.64. The van der Waals surface area contributed by atoms with E-state index in [4.69, 9.17) is 10.5 Å². The van der Waals surface area contributed by atoms with Crippen molar-refractivity contribution in [2.45, 2.75) is 43.5 Å². The van der Waals surface area contributed by atoms with Crippen molar-refractivity contribution < 1.29 is 13.2 Å². The molecule has 1 aliphatic carbocycles. The number of hydrogen-bond donors (Lipinski definition) is 2. The molecule has 0 amide bonds. The number of hydrogen-bond acceptors (Lipinski definition) is 4. The molecule has 0 bridgehead atoms. The van der Waals surface area contributed by atoms with Gasteiger partial charge < -0.3 is 10.5 Å². The van der Waals surface area contributed by atoms with Crippen molar-refractivity contribution in [3.8, 4) is 5.75 Å². The van der Waals surface area contributed by atoms with E-state index in [-0.39, 0.29) is 16.7 Å². The molecule has 1 aromatic carbocycles. The van der Waals surface area contributed by atoms with E-state index in [1.54, 1.807) is 6.07 Å². The first kappa shape index (κ1) is 16.6. The Bertz CT molecular complexity index is 611. The number of sulfonamides is 1. The summed E-state index contributed by atoms with van der Waals surface area (Å²) in [5.74, 6) is 0.955. The number of ether oxygens (including phenoxy) is 1. The van der Waals surface area contributed by atoms with Crippen LogP contribution in [0.25, 0.3) is 0 Å². The van der Waals surface area contributed by atoms with Crippen molar-refractivity contribution in [3.05, 3.63) is 16.6 Å². The second-order valence-corrected chi connectivity index (χ2v) is 8.14. The van der Waals surface area contributed by atoms with Crippen LogP contribution in [0.2, 0.25) is 0 Å². The van der Waals surface area contributed by atoms with Crippen molar-refractivity contribution in [3.63, 3.8) is 0 Å². The monoisotopic (exact) mass is 376 g/mol. The number of nitrogen functional groups attached to an aromatic ring is 1. The number of benzene rings is 1. The van der Waals surface area contributed by atoms with Crippen LogP contribution in [0, 0.1) is 5.92 Å². The zero-order chi connectivity index (χ0) is 15.6. The molecular formula is C14H21BrN2O3S. The van der Waals surface area contributed by atoms with Gasteiger partial charge in [-0.15, -0.1) is 0 Å². The van der Waals surface area contributed by atoms with Gasteiger partial charge in [-0.05, 0) is 59.7 Å². The maximum absolute atomic E-state index is 12.6. The number of rotatable bonds is 4. The Balaban J connectivity index is 2.25. The summed E-state index contributed by atoms with van der Waals surface area (Å²) in [7, 11) is -2.19. The Labute approximate surface area is 134 Å². The lowest BCUT2D eigenvalue weighted by molar-refractivity contribution is 0.331. The zero-order valence-electron chi connectivity index (χ0n) is 12.2. The second-order valence-electron chi connectivity index (χ2n) is 5.60. The van der Waals surface area contributed by atoms with Gasteiger partial charge in [-0.3, -0.25) is 0 Å². The maximum Gasteiger partial charge on any atom is 0.244 e. The Hall–Kier alpha value is -0.790. The highest BCUT2D eigenvalue weighted by Gasteiger charge is 2.27. The van der Waals surface area contributed by atoms with E-state index in [0.29, 0.717) is 16.1 Å². The van der Waals surface area contributed by atoms with Crippen LogP contribution in [0.1, 0.15) is 32.6 Å². The van der Waals surface area contributed by atoms with Crippen molar-refractivity contribution >= 4 is 31.6 Å². The Morgan fingerprint density at radius 2 is 1.90 bits per heavy atom. The molecule has 2 rings (SSSR count). The molecule has 1 aromatic rings. The average molecular weight is 377 g/mol. The van der Waals surface area contributed by atoms with E-state index in [0.717, 1.165) is 25.7 Å². The smallest absolute Gasteiger partial charge is 0.244 e. The lowest BCUT2D eigenvalue weighted by atomic mass is 9.88. The molecule has 1 aliphatic rings. The first-order chi connectivity index (χ1) is 9.83. The van der Waals surface area contributed by atoms with Crippen molar-refractivity contribution in [1.29, 1.82) is 0 Å². The molecule has 1 fully saturated rings. The molecule has 0 heterocycles. The molecule has 1 saturated carbocycles. The van der Waals surface area contributed by atoms with Crippen molar-refractivity contribution in [2.75, 3.05) is 12.8 Å². The van der Waals surface area contributed by atoms with E-state index >= 15 is 0 Å². The lowest BCUT2D eigenvalue weighted by Gasteiger charge is -2.27. The minimum Gasteiger partial charge on any atom is -0.495 e. The summed E-state index contributed by atoms with van der Waals surface area (Å²) in [5, 5.41) is 0. The van der Waals surface area contributed by atoms with Gasteiger partial charge in [0.05, 0.1) is 7.11 Å². The van der Waals surface area contributed by atoms with Crippen LogP contribution in [0.5, 0.6) is 5.75 Å². The average Bonchev–Trinajstić information content (AvgIpc) is 2.43. The molecule has 0 aromatic heterocycles. The summed E-state index contributed by atoms with van der Waals surface area (Å²) in [6.07, 6.45) is 3.84. The highest BCUT2D eigenvalue weighted by molar-refractivity contribution is 9.10. The van der Waals surface area contributed by atoms with Gasteiger partial charge in [-0.1, -0.05) is 6.92 Å². The van der Waals surface area contributed by atoms with Crippen molar-refractivity contribution in [1.82, 2.24) is 4.72 Å². The fourth-order valence-electron chi connectivity index (χ4n) is 2.58. The van der Waals surface area contributed by atoms with E-state index in [9.17, 15) is 8.42 Å².